The smallest absolute Gasteiger partial charge is 0.0844 e. The molecule has 0 saturated heterocycles. The van der Waals surface area contributed by atoms with E-state index in [9.17, 15) is 0 Å². The Hall–Kier alpha value is -0.940. The van der Waals surface area contributed by atoms with Crippen LogP contribution in [-0.2, 0) is 15.9 Å². The zero-order valence-corrected chi connectivity index (χ0v) is 11.1. The van der Waals surface area contributed by atoms with Crippen molar-refractivity contribution in [2.24, 2.45) is 5.84 Å². The molecule has 100 valence electrons. The van der Waals surface area contributed by atoms with Gasteiger partial charge in [0.1, 0.15) is 0 Å². The highest BCUT2D eigenvalue weighted by atomic mass is 16.5. The summed E-state index contributed by atoms with van der Waals surface area (Å²) in [4.78, 5) is 0. The monoisotopic (exact) mass is 250 g/mol. The summed E-state index contributed by atoms with van der Waals surface area (Å²) in [7, 11) is 1.70. The van der Waals surface area contributed by atoms with Crippen LogP contribution in [0.2, 0.25) is 0 Å². The summed E-state index contributed by atoms with van der Waals surface area (Å²) in [5, 5.41) is 0. The molecule has 4 heteroatoms. The molecule has 3 unspecified atom stereocenters. The molecule has 3 N–H and O–H groups in total. The predicted molar refractivity (Wildman–Crippen MR) is 71.0 cm³/mol. The van der Waals surface area contributed by atoms with E-state index in [2.05, 4.69) is 29.7 Å². The van der Waals surface area contributed by atoms with Gasteiger partial charge in [-0.05, 0) is 30.9 Å². The van der Waals surface area contributed by atoms with Gasteiger partial charge in [-0.2, -0.15) is 0 Å². The van der Waals surface area contributed by atoms with E-state index < -0.39 is 0 Å². The molecule has 0 radical (unpaired) electrons. The minimum absolute atomic E-state index is 0.0627. The van der Waals surface area contributed by atoms with E-state index in [0.717, 1.165) is 19.4 Å². The molecule has 0 aliphatic carbocycles. The Kier molecular flexibility index (Phi) is 4.72. The molecule has 3 atom stereocenters. The second kappa shape index (κ2) is 6.29. The van der Waals surface area contributed by atoms with Gasteiger partial charge in [0.05, 0.1) is 18.8 Å². The number of nitrogens with two attached hydrogens (primary N) is 1. The lowest BCUT2D eigenvalue weighted by Gasteiger charge is -2.31. The van der Waals surface area contributed by atoms with E-state index in [1.807, 2.05) is 6.92 Å². The standard InChI is InChI=1S/C14H22N2O2/c1-10(17-2)13(16-15)9-14-12-6-4-3-5-11(12)7-8-18-14/h3-6,10,13-14,16H,7-9,15H2,1-2H3. The molecule has 18 heavy (non-hydrogen) atoms. The van der Waals surface area contributed by atoms with Crippen molar-refractivity contribution in [1.82, 2.24) is 5.43 Å². The van der Waals surface area contributed by atoms with Crippen LogP contribution in [0.1, 0.15) is 30.6 Å². The van der Waals surface area contributed by atoms with Crippen molar-refractivity contribution in [1.29, 1.82) is 0 Å². The quantitative estimate of drug-likeness (QED) is 0.615. The number of fused-ring (bicyclic) bond motifs is 1. The number of hydrazine groups is 1. The summed E-state index contributed by atoms with van der Waals surface area (Å²) in [6, 6.07) is 8.55. The molecule has 2 rings (SSSR count). The molecule has 0 amide bonds. The lowest BCUT2D eigenvalue weighted by molar-refractivity contribution is 0.00615. The molecule has 1 aliphatic heterocycles. The van der Waals surface area contributed by atoms with Crippen LogP contribution in [0.3, 0.4) is 0 Å². The largest absolute Gasteiger partial charge is 0.380 e. The third kappa shape index (κ3) is 2.90. The van der Waals surface area contributed by atoms with Crippen molar-refractivity contribution >= 4 is 0 Å². The van der Waals surface area contributed by atoms with Gasteiger partial charge < -0.3 is 9.47 Å². The molecule has 0 spiro atoms. The van der Waals surface area contributed by atoms with E-state index in [4.69, 9.17) is 15.3 Å². The Bertz CT molecular complexity index is 384. The normalized spacial score (nSPS) is 22.3. The average molecular weight is 250 g/mol. The Balaban J connectivity index is 2.10. The molecule has 4 nitrogen and oxygen atoms in total. The average Bonchev–Trinajstić information content (AvgIpc) is 2.44. The maximum Gasteiger partial charge on any atom is 0.0844 e. The minimum Gasteiger partial charge on any atom is -0.380 e. The molecular weight excluding hydrogens is 228 g/mol. The van der Waals surface area contributed by atoms with Gasteiger partial charge >= 0.3 is 0 Å². The van der Waals surface area contributed by atoms with Crippen molar-refractivity contribution in [2.45, 2.75) is 38.0 Å². The Morgan fingerprint density at radius 2 is 2.28 bits per heavy atom. The molecule has 0 aromatic heterocycles. The Morgan fingerprint density at radius 3 is 3.00 bits per heavy atom. The first-order valence-corrected chi connectivity index (χ1v) is 6.44. The zero-order valence-electron chi connectivity index (χ0n) is 11.1. The molecule has 0 bridgehead atoms. The van der Waals surface area contributed by atoms with Gasteiger partial charge in [0.15, 0.2) is 0 Å². The molecular formula is C14H22N2O2. The lowest BCUT2D eigenvalue weighted by atomic mass is 9.92. The van der Waals surface area contributed by atoms with Gasteiger partial charge in [0.2, 0.25) is 0 Å². The van der Waals surface area contributed by atoms with E-state index in [1.165, 1.54) is 11.1 Å². The number of rotatable bonds is 5. The molecule has 1 heterocycles. The molecule has 1 aliphatic rings. The summed E-state index contributed by atoms with van der Waals surface area (Å²) in [6.45, 7) is 2.79. The van der Waals surface area contributed by atoms with Crippen molar-refractivity contribution in [3.63, 3.8) is 0 Å². The van der Waals surface area contributed by atoms with Crippen LogP contribution in [0.4, 0.5) is 0 Å². The maximum absolute atomic E-state index is 5.88. The van der Waals surface area contributed by atoms with Crippen LogP contribution in [0.15, 0.2) is 24.3 Å². The van der Waals surface area contributed by atoms with E-state index in [0.29, 0.717) is 0 Å². The molecule has 0 fully saturated rings. The van der Waals surface area contributed by atoms with Crippen molar-refractivity contribution in [3.05, 3.63) is 35.4 Å². The zero-order chi connectivity index (χ0) is 13.0. The lowest BCUT2D eigenvalue weighted by Crippen LogP contribution is -2.45. The number of benzene rings is 1. The van der Waals surface area contributed by atoms with Gasteiger partial charge in [-0.15, -0.1) is 0 Å². The van der Waals surface area contributed by atoms with Crippen LogP contribution < -0.4 is 11.3 Å². The van der Waals surface area contributed by atoms with Crippen LogP contribution in [0.5, 0.6) is 0 Å². The van der Waals surface area contributed by atoms with Crippen LogP contribution in [-0.4, -0.2) is 25.9 Å². The van der Waals surface area contributed by atoms with E-state index in [1.54, 1.807) is 7.11 Å². The summed E-state index contributed by atoms with van der Waals surface area (Å²) < 4.78 is 11.2. The predicted octanol–water partition coefficient (Wildman–Crippen LogP) is 1.56. The number of hydrogen-bond donors (Lipinski definition) is 2. The van der Waals surface area contributed by atoms with Crippen molar-refractivity contribution in [2.75, 3.05) is 13.7 Å². The number of methoxy groups -OCH3 is 1. The topological polar surface area (TPSA) is 56.5 Å². The van der Waals surface area contributed by atoms with Gasteiger partial charge in [0.25, 0.3) is 0 Å². The number of nitrogens with one attached hydrogen (secondary N) is 1. The van der Waals surface area contributed by atoms with Crippen LogP contribution in [0, 0.1) is 0 Å². The fourth-order valence-corrected chi connectivity index (χ4v) is 2.46. The van der Waals surface area contributed by atoms with Crippen LogP contribution in [0.25, 0.3) is 0 Å². The highest BCUT2D eigenvalue weighted by molar-refractivity contribution is 5.31. The third-order valence-electron chi connectivity index (χ3n) is 3.71. The SMILES string of the molecule is COC(C)C(CC1OCCc2ccccc21)NN. The third-order valence-corrected chi connectivity index (χ3v) is 3.71. The first-order valence-electron chi connectivity index (χ1n) is 6.44. The highest BCUT2D eigenvalue weighted by Crippen LogP contribution is 2.30. The van der Waals surface area contributed by atoms with E-state index >= 15 is 0 Å². The van der Waals surface area contributed by atoms with E-state index in [-0.39, 0.29) is 18.2 Å². The summed E-state index contributed by atoms with van der Waals surface area (Å²) in [6.07, 6.45) is 1.98. The van der Waals surface area contributed by atoms with Gasteiger partial charge in [-0.3, -0.25) is 11.3 Å². The first-order chi connectivity index (χ1) is 8.76. The maximum atomic E-state index is 5.88. The fourth-order valence-electron chi connectivity index (χ4n) is 2.46. The highest BCUT2D eigenvalue weighted by Gasteiger charge is 2.26. The second-order valence-corrected chi connectivity index (χ2v) is 4.76. The van der Waals surface area contributed by atoms with Gasteiger partial charge in [-0.1, -0.05) is 24.3 Å². The minimum atomic E-state index is 0.0627. The number of hydrogen-bond acceptors (Lipinski definition) is 4. The van der Waals surface area contributed by atoms with Gasteiger partial charge in [-0.25, -0.2) is 0 Å². The number of ether oxygens (including phenoxy) is 2. The second-order valence-electron chi connectivity index (χ2n) is 4.76. The molecule has 0 saturated carbocycles. The fraction of sp³-hybridized carbons (Fsp3) is 0.571. The van der Waals surface area contributed by atoms with Crippen LogP contribution >= 0.6 is 0 Å². The van der Waals surface area contributed by atoms with Gasteiger partial charge in [0, 0.05) is 13.2 Å². The Morgan fingerprint density at radius 1 is 1.50 bits per heavy atom. The molecule has 1 aromatic carbocycles. The first kappa shape index (κ1) is 13.5. The van der Waals surface area contributed by atoms with Crippen molar-refractivity contribution in [3.8, 4) is 0 Å². The van der Waals surface area contributed by atoms with Crippen molar-refractivity contribution < 1.29 is 9.47 Å². The Labute approximate surface area is 108 Å². The summed E-state index contributed by atoms with van der Waals surface area (Å²) in [5.74, 6) is 5.60. The summed E-state index contributed by atoms with van der Waals surface area (Å²) in [5.41, 5.74) is 5.49. The summed E-state index contributed by atoms with van der Waals surface area (Å²) >= 11 is 0. The molecule has 1 aromatic rings.